The van der Waals surface area contributed by atoms with Crippen LogP contribution in [0.4, 0.5) is 15.9 Å². The smallest absolute Gasteiger partial charge is 0.240 e. The van der Waals surface area contributed by atoms with Gasteiger partial charge in [0.15, 0.2) is 11.6 Å². The Morgan fingerprint density at radius 2 is 1.93 bits per heavy atom. The highest BCUT2D eigenvalue weighted by molar-refractivity contribution is 5.93. The molecule has 2 heterocycles. The molecule has 2 aromatic heterocycles. The lowest BCUT2D eigenvalue weighted by atomic mass is 9.93. The lowest BCUT2D eigenvalue weighted by molar-refractivity contribution is -0.122. The number of halogens is 1. The van der Waals surface area contributed by atoms with Crippen molar-refractivity contribution in [1.82, 2.24) is 19.9 Å². The van der Waals surface area contributed by atoms with Gasteiger partial charge in [0, 0.05) is 40.6 Å². The van der Waals surface area contributed by atoms with E-state index in [0.717, 1.165) is 46.8 Å². The van der Waals surface area contributed by atoms with Crippen LogP contribution in [0.5, 0.6) is 5.75 Å². The molecule has 0 bridgehead atoms. The molecule has 0 saturated heterocycles. The van der Waals surface area contributed by atoms with E-state index in [9.17, 15) is 4.79 Å². The molecule has 3 aromatic carbocycles. The topological polar surface area (TPSA) is 107 Å². The summed E-state index contributed by atoms with van der Waals surface area (Å²) < 4.78 is 23.9. The number of hydrogen-bond acceptors (Lipinski definition) is 6. The number of nitrogens with two attached hydrogens (primary N) is 1. The molecule has 1 aliphatic carbocycles. The Morgan fingerprint density at radius 1 is 1.11 bits per heavy atom. The standard InChI is InChI=1S/C35H37FN6O2/c1-3-22-17-28(32(36)30(18-22)44-4-2)33(40-26-13-14-27-24(19-26)15-16-38-34(27)37)35-41-29(23-9-6-5-7-10-23)20-42(35)21-31(43)39-25-11-8-12-25/h5-7,9-10,13-20,25,33,40H,3-4,8,11-12,21H2,1-2H3,(H2,37,38)(H,39,43). The Morgan fingerprint density at radius 3 is 2.66 bits per heavy atom. The minimum atomic E-state index is -0.758. The molecular weight excluding hydrogens is 555 g/mol. The van der Waals surface area contributed by atoms with E-state index in [1.807, 2.05) is 85.3 Å². The van der Waals surface area contributed by atoms with Crippen molar-refractivity contribution in [3.05, 3.63) is 102 Å². The summed E-state index contributed by atoms with van der Waals surface area (Å²) in [6, 6.07) is 20.5. The van der Waals surface area contributed by atoms with E-state index in [2.05, 4.69) is 15.6 Å². The van der Waals surface area contributed by atoms with Gasteiger partial charge in [-0.3, -0.25) is 4.79 Å². The van der Waals surface area contributed by atoms with Gasteiger partial charge >= 0.3 is 0 Å². The van der Waals surface area contributed by atoms with Gasteiger partial charge < -0.3 is 25.7 Å². The molecule has 4 N–H and O–H groups in total. The van der Waals surface area contributed by atoms with Crippen molar-refractivity contribution in [2.75, 3.05) is 17.7 Å². The molecule has 0 aliphatic heterocycles. The lowest BCUT2D eigenvalue weighted by Gasteiger charge is -2.27. The second-order valence-electron chi connectivity index (χ2n) is 11.2. The predicted molar refractivity (Wildman–Crippen MR) is 172 cm³/mol. The maximum Gasteiger partial charge on any atom is 0.240 e. The summed E-state index contributed by atoms with van der Waals surface area (Å²) in [5.74, 6) is 0.574. The fraction of sp³-hybridized carbons (Fsp3) is 0.286. The Kier molecular flexibility index (Phi) is 8.45. The minimum Gasteiger partial charge on any atom is -0.491 e. The molecule has 1 amide bonds. The van der Waals surface area contributed by atoms with E-state index < -0.39 is 11.9 Å². The molecule has 0 radical (unpaired) electrons. The van der Waals surface area contributed by atoms with Crippen molar-refractivity contribution in [2.24, 2.45) is 0 Å². The average molecular weight is 593 g/mol. The monoisotopic (exact) mass is 592 g/mol. The van der Waals surface area contributed by atoms with Crippen molar-refractivity contribution in [3.8, 4) is 17.0 Å². The van der Waals surface area contributed by atoms with Gasteiger partial charge in [0.25, 0.3) is 0 Å². The fourth-order valence-electron chi connectivity index (χ4n) is 5.61. The van der Waals surface area contributed by atoms with Gasteiger partial charge in [-0.25, -0.2) is 14.4 Å². The van der Waals surface area contributed by atoms with Crippen LogP contribution in [0.1, 0.15) is 56.1 Å². The number of carbonyl (C=O) groups is 1. The molecule has 8 nitrogen and oxygen atoms in total. The first kappa shape index (κ1) is 29.2. The molecule has 1 saturated carbocycles. The zero-order valence-corrected chi connectivity index (χ0v) is 25.0. The Bertz CT molecular complexity index is 1780. The van der Waals surface area contributed by atoms with Crippen LogP contribution in [-0.2, 0) is 17.8 Å². The number of amides is 1. The zero-order valence-electron chi connectivity index (χ0n) is 25.0. The van der Waals surface area contributed by atoms with Gasteiger partial charge in [0.2, 0.25) is 5.91 Å². The van der Waals surface area contributed by atoms with Crippen LogP contribution < -0.4 is 21.1 Å². The SMILES string of the molecule is CCOc1cc(CC)cc(C(Nc2ccc3c(N)nccc3c2)c2nc(-c3ccccc3)cn2CC(=O)NC2CCC2)c1F. The van der Waals surface area contributed by atoms with Crippen LogP contribution in [-0.4, -0.2) is 33.1 Å². The Balaban J connectivity index is 1.50. The van der Waals surface area contributed by atoms with E-state index in [0.29, 0.717) is 35.9 Å². The Labute approximate surface area is 256 Å². The first-order valence-electron chi connectivity index (χ1n) is 15.2. The normalized spacial score (nSPS) is 13.8. The number of ether oxygens (including phenoxy) is 1. The number of anilines is 2. The third kappa shape index (κ3) is 6.08. The average Bonchev–Trinajstić information content (AvgIpc) is 3.43. The second kappa shape index (κ2) is 12.8. The minimum absolute atomic E-state index is 0.0528. The van der Waals surface area contributed by atoms with Crippen molar-refractivity contribution in [3.63, 3.8) is 0 Å². The number of nitrogens with one attached hydrogen (secondary N) is 2. The summed E-state index contributed by atoms with van der Waals surface area (Å²) >= 11 is 0. The van der Waals surface area contributed by atoms with Crippen molar-refractivity contribution >= 4 is 28.2 Å². The number of pyridine rings is 1. The van der Waals surface area contributed by atoms with Crippen LogP contribution in [0, 0.1) is 5.82 Å². The molecule has 1 aliphatic rings. The summed E-state index contributed by atoms with van der Waals surface area (Å²) in [5, 5.41) is 8.41. The van der Waals surface area contributed by atoms with Crippen molar-refractivity contribution in [2.45, 2.75) is 58.2 Å². The number of fused-ring (bicyclic) bond motifs is 1. The summed E-state index contributed by atoms with van der Waals surface area (Å²) in [6.45, 7) is 4.24. The van der Waals surface area contributed by atoms with E-state index in [4.69, 9.17) is 15.5 Å². The molecule has 6 rings (SSSR count). The van der Waals surface area contributed by atoms with E-state index in [1.54, 1.807) is 12.3 Å². The lowest BCUT2D eigenvalue weighted by Crippen LogP contribution is -2.41. The number of aromatic nitrogens is 3. The maximum atomic E-state index is 16.4. The summed E-state index contributed by atoms with van der Waals surface area (Å²) in [4.78, 5) is 22.5. The first-order valence-corrected chi connectivity index (χ1v) is 15.2. The third-order valence-electron chi connectivity index (χ3n) is 8.17. The van der Waals surface area contributed by atoms with Crippen LogP contribution in [0.3, 0.4) is 0 Å². The quantitative estimate of drug-likeness (QED) is 0.159. The van der Waals surface area contributed by atoms with Gasteiger partial charge in [-0.05, 0) is 73.9 Å². The highest BCUT2D eigenvalue weighted by atomic mass is 19.1. The van der Waals surface area contributed by atoms with Gasteiger partial charge in [-0.2, -0.15) is 0 Å². The number of benzene rings is 3. The number of hydrogen-bond donors (Lipinski definition) is 3. The summed E-state index contributed by atoms with van der Waals surface area (Å²) in [5.41, 5.74) is 9.76. The molecule has 1 fully saturated rings. The second-order valence-corrected chi connectivity index (χ2v) is 11.2. The molecule has 44 heavy (non-hydrogen) atoms. The zero-order chi connectivity index (χ0) is 30.6. The van der Waals surface area contributed by atoms with Crippen LogP contribution in [0.2, 0.25) is 0 Å². The number of imidazole rings is 1. The molecule has 0 spiro atoms. The van der Waals surface area contributed by atoms with E-state index >= 15 is 4.39 Å². The summed E-state index contributed by atoms with van der Waals surface area (Å²) in [7, 11) is 0. The molecule has 226 valence electrons. The van der Waals surface area contributed by atoms with Gasteiger partial charge in [-0.1, -0.05) is 43.3 Å². The third-order valence-corrected chi connectivity index (χ3v) is 8.17. The number of carbonyl (C=O) groups excluding carboxylic acids is 1. The number of nitrogens with zero attached hydrogens (tertiary/aromatic N) is 3. The van der Waals surface area contributed by atoms with E-state index in [1.165, 1.54) is 0 Å². The van der Waals surface area contributed by atoms with Gasteiger partial charge in [0.1, 0.15) is 24.2 Å². The first-order chi connectivity index (χ1) is 21.4. The maximum absolute atomic E-state index is 16.4. The largest absolute Gasteiger partial charge is 0.491 e. The van der Waals surface area contributed by atoms with Crippen molar-refractivity contribution < 1.29 is 13.9 Å². The molecule has 5 aromatic rings. The fourth-order valence-corrected chi connectivity index (χ4v) is 5.61. The van der Waals surface area contributed by atoms with Gasteiger partial charge in [0.05, 0.1) is 12.3 Å². The van der Waals surface area contributed by atoms with Crippen LogP contribution in [0.15, 0.2) is 79.1 Å². The van der Waals surface area contributed by atoms with Crippen LogP contribution in [0.25, 0.3) is 22.0 Å². The predicted octanol–water partition coefficient (Wildman–Crippen LogP) is 6.65. The van der Waals surface area contributed by atoms with Crippen molar-refractivity contribution in [1.29, 1.82) is 0 Å². The number of nitrogen functional groups attached to an aromatic ring is 1. The molecule has 1 unspecified atom stereocenters. The highest BCUT2D eigenvalue weighted by Gasteiger charge is 2.28. The number of rotatable bonds is 11. The Hall–Kier alpha value is -4.92. The number of aryl methyl sites for hydroxylation is 1. The van der Waals surface area contributed by atoms with Crippen LogP contribution >= 0.6 is 0 Å². The molecule has 1 atom stereocenters. The van der Waals surface area contributed by atoms with E-state index in [-0.39, 0.29) is 24.2 Å². The highest BCUT2D eigenvalue weighted by Crippen LogP contribution is 2.36. The molecule has 9 heteroatoms. The molecular formula is C35H37FN6O2. The van der Waals surface area contributed by atoms with Gasteiger partial charge in [-0.15, -0.1) is 0 Å². The summed E-state index contributed by atoms with van der Waals surface area (Å²) in [6.07, 6.45) is 7.32.